The Hall–Kier alpha value is -1.90. The molecule has 0 saturated heterocycles. The van der Waals surface area contributed by atoms with Crippen LogP contribution in [0.25, 0.3) is 6.08 Å². The maximum atomic E-state index is 11.4. The molecule has 0 aliphatic carbocycles. The van der Waals surface area contributed by atoms with Crippen molar-refractivity contribution in [1.82, 2.24) is 0 Å². The van der Waals surface area contributed by atoms with E-state index in [1.165, 1.54) is 7.11 Å². The molecule has 1 rings (SSSR count). The van der Waals surface area contributed by atoms with Crippen molar-refractivity contribution in [2.75, 3.05) is 7.11 Å². The van der Waals surface area contributed by atoms with Crippen LogP contribution in [0.3, 0.4) is 0 Å². The Morgan fingerprint density at radius 3 is 2.81 bits per heavy atom. The van der Waals surface area contributed by atoms with Gasteiger partial charge in [-0.2, -0.15) is 0 Å². The molecule has 0 bridgehead atoms. The van der Waals surface area contributed by atoms with E-state index in [4.69, 9.17) is 0 Å². The lowest BCUT2D eigenvalue weighted by Crippen LogP contribution is -2.04. The van der Waals surface area contributed by atoms with E-state index in [9.17, 15) is 9.59 Å². The minimum absolute atomic E-state index is 0.344. The second kappa shape index (κ2) is 5.85. The maximum Gasteiger partial charge on any atom is 0.338 e. The van der Waals surface area contributed by atoms with Gasteiger partial charge in [0.25, 0.3) is 0 Å². The third-order valence-electron chi connectivity index (χ3n) is 2.31. The SMILES string of the molecule is COC(=O)c1cccc(C=CCC=O)c1C. The third-order valence-corrected chi connectivity index (χ3v) is 2.31. The summed E-state index contributed by atoms with van der Waals surface area (Å²) < 4.78 is 4.68. The van der Waals surface area contributed by atoms with Crippen LogP contribution in [0.4, 0.5) is 0 Å². The normalized spacial score (nSPS) is 10.4. The van der Waals surface area contributed by atoms with Crippen molar-refractivity contribution in [1.29, 1.82) is 0 Å². The lowest BCUT2D eigenvalue weighted by Gasteiger charge is -2.06. The number of aldehydes is 1. The molecule has 0 N–H and O–H groups in total. The van der Waals surface area contributed by atoms with Crippen molar-refractivity contribution in [3.63, 3.8) is 0 Å². The molecule has 0 aliphatic rings. The van der Waals surface area contributed by atoms with Gasteiger partial charge >= 0.3 is 5.97 Å². The maximum absolute atomic E-state index is 11.4. The molecule has 0 radical (unpaired) electrons. The summed E-state index contributed by atoms with van der Waals surface area (Å²) in [5.41, 5.74) is 2.33. The summed E-state index contributed by atoms with van der Waals surface area (Å²) >= 11 is 0. The number of hydrogen-bond acceptors (Lipinski definition) is 3. The molecule has 0 saturated carbocycles. The Kier molecular flexibility index (Phi) is 4.45. The Labute approximate surface area is 94.7 Å². The smallest absolute Gasteiger partial charge is 0.338 e. The van der Waals surface area contributed by atoms with Crippen LogP contribution < -0.4 is 0 Å². The van der Waals surface area contributed by atoms with Crippen LogP contribution >= 0.6 is 0 Å². The van der Waals surface area contributed by atoms with E-state index in [-0.39, 0.29) is 5.97 Å². The monoisotopic (exact) mass is 218 g/mol. The van der Waals surface area contributed by atoms with Crippen LogP contribution in [-0.2, 0) is 9.53 Å². The van der Waals surface area contributed by atoms with Crippen LogP contribution in [-0.4, -0.2) is 19.4 Å². The van der Waals surface area contributed by atoms with Crippen molar-refractivity contribution in [3.05, 3.63) is 41.0 Å². The molecular weight excluding hydrogens is 204 g/mol. The summed E-state index contributed by atoms with van der Waals surface area (Å²) in [6, 6.07) is 5.40. The van der Waals surface area contributed by atoms with Crippen LogP contribution in [0.15, 0.2) is 24.3 Å². The molecule has 16 heavy (non-hydrogen) atoms. The average molecular weight is 218 g/mol. The number of ether oxygens (including phenoxy) is 1. The zero-order valence-corrected chi connectivity index (χ0v) is 9.40. The molecule has 0 heterocycles. The minimum atomic E-state index is -0.344. The van der Waals surface area contributed by atoms with E-state index in [1.54, 1.807) is 18.2 Å². The molecule has 1 aromatic rings. The molecule has 0 fully saturated rings. The average Bonchev–Trinajstić information content (AvgIpc) is 2.30. The van der Waals surface area contributed by atoms with Gasteiger partial charge in [-0.1, -0.05) is 24.3 Å². The van der Waals surface area contributed by atoms with Crippen LogP contribution in [0.5, 0.6) is 0 Å². The van der Waals surface area contributed by atoms with E-state index < -0.39 is 0 Å². The van der Waals surface area contributed by atoms with Crippen molar-refractivity contribution < 1.29 is 14.3 Å². The molecule has 0 amide bonds. The topological polar surface area (TPSA) is 43.4 Å². The van der Waals surface area contributed by atoms with E-state index >= 15 is 0 Å². The van der Waals surface area contributed by atoms with Crippen LogP contribution in [0.1, 0.15) is 27.9 Å². The van der Waals surface area contributed by atoms with Crippen LogP contribution in [0.2, 0.25) is 0 Å². The lowest BCUT2D eigenvalue weighted by atomic mass is 10.0. The standard InChI is InChI=1S/C13H14O3/c1-10-11(6-3-4-9-14)7-5-8-12(10)13(15)16-2/h3,5-9H,4H2,1-2H3. The predicted molar refractivity (Wildman–Crippen MR) is 62.2 cm³/mol. The molecule has 0 unspecified atom stereocenters. The Balaban J connectivity index is 3.03. The Bertz CT molecular complexity index is 419. The largest absolute Gasteiger partial charge is 0.465 e. The van der Waals surface area contributed by atoms with E-state index in [2.05, 4.69) is 4.74 Å². The number of benzene rings is 1. The van der Waals surface area contributed by atoms with Gasteiger partial charge in [-0.3, -0.25) is 0 Å². The first kappa shape index (κ1) is 12.2. The van der Waals surface area contributed by atoms with Crippen LogP contribution in [0, 0.1) is 6.92 Å². The number of allylic oxidation sites excluding steroid dienone is 1. The molecule has 3 nitrogen and oxygen atoms in total. The highest BCUT2D eigenvalue weighted by atomic mass is 16.5. The van der Waals surface area contributed by atoms with Gasteiger partial charge in [-0.05, 0) is 24.1 Å². The lowest BCUT2D eigenvalue weighted by molar-refractivity contribution is -0.107. The summed E-state index contributed by atoms with van der Waals surface area (Å²) in [5.74, 6) is -0.344. The molecule has 84 valence electrons. The Morgan fingerprint density at radius 1 is 1.44 bits per heavy atom. The number of methoxy groups -OCH3 is 1. The highest BCUT2D eigenvalue weighted by molar-refractivity contribution is 5.92. The van der Waals surface area contributed by atoms with E-state index in [0.29, 0.717) is 12.0 Å². The number of rotatable bonds is 4. The van der Waals surface area contributed by atoms with Crippen molar-refractivity contribution in [3.8, 4) is 0 Å². The highest BCUT2D eigenvalue weighted by Gasteiger charge is 2.09. The molecule has 3 heteroatoms. The zero-order chi connectivity index (χ0) is 12.0. The van der Waals surface area contributed by atoms with Gasteiger partial charge in [0.1, 0.15) is 6.29 Å². The number of esters is 1. The first-order valence-electron chi connectivity index (χ1n) is 4.98. The summed E-state index contributed by atoms with van der Waals surface area (Å²) in [4.78, 5) is 21.6. The quantitative estimate of drug-likeness (QED) is 0.575. The molecule has 0 aliphatic heterocycles. The summed E-state index contributed by atoms with van der Waals surface area (Å²) in [6.07, 6.45) is 4.80. The minimum Gasteiger partial charge on any atom is -0.465 e. The zero-order valence-electron chi connectivity index (χ0n) is 9.40. The van der Waals surface area contributed by atoms with Crippen molar-refractivity contribution in [2.45, 2.75) is 13.3 Å². The first-order valence-corrected chi connectivity index (χ1v) is 4.98. The fraction of sp³-hybridized carbons (Fsp3) is 0.231. The second-order valence-corrected chi connectivity index (χ2v) is 3.32. The van der Waals surface area contributed by atoms with Gasteiger partial charge in [0.15, 0.2) is 0 Å². The van der Waals surface area contributed by atoms with Gasteiger partial charge in [0, 0.05) is 6.42 Å². The molecule has 0 spiro atoms. The molecule has 1 aromatic carbocycles. The van der Waals surface area contributed by atoms with Gasteiger partial charge < -0.3 is 9.53 Å². The molecule has 0 aromatic heterocycles. The first-order chi connectivity index (χ1) is 7.70. The van der Waals surface area contributed by atoms with E-state index in [1.807, 2.05) is 19.1 Å². The van der Waals surface area contributed by atoms with E-state index in [0.717, 1.165) is 17.4 Å². The summed E-state index contributed by atoms with van der Waals surface area (Å²) in [7, 11) is 1.36. The Morgan fingerprint density at radius 2 is 2.19 bits per heavy atom. The number of hydrogen-bond donors (Lipinski definition) is 0. The fourth-order valence-corrected chi connectivity index (χ4v) is 1.42. The van der Waals surface area contributed by atoms with Gasteiger partial charge in [-0.15, -0.1) is 0 Å². The van der Waals surface area contributed by atoms with Crippen molar-refractivity contribution >= 4 is 18.3 Å². The van der Waals surface area contributed by atoms with Gasteiger partial charge in [0.2, 0.25) is 0 Å². The summed E-state index contributed by atoms with van der Waals surface area (Å²) in [5, 5.41) is 0. The number of carbonyl (C=O) groups excluding carboxylic acids is 2. The predicted octanol–water partition coefficient (Wildman–Crippen LogP) is 2.38. The van der Waals surface area contributed by atoms with Gasteiger partial charge in [0.05, 0.1) is 12.7 Å². The third kappa shape index (κ3) is 2.79. The molecular formula is C13H14O3. The summed E-state index contributed by atoms with van der Waals surface area (Å²) in [6.45, 7) is 1.85. The molecule has 0 atom stereocenters. The fourth-order valence-electron chi connectivity index (χ4n) is 1.42. The van der Waals surface area contributed by atoms with Gasteiger partial charge in [-0.25, -0.2) is 4.79 Å². The highest BCUT2D eigenvalue weighted by Crippen LogP contribution is 2.16. The second-order valence-electron chi connectivity index (χ2n) is 3.32. The number of carbonyl (C=O) groups is 2. The van der Waals surface area contributed by atoms with Crippen molar-refractivity contribution in [2.24, 2.45) is 0 Å².